The molecule has 3 nitrogen and oxygen atoms in total. The highest BCUT2D eigenvalue weighted by molar-refractivity contribution is 9.10. The van der Waals surface area contributed by atoms with E-state index < -0.39 is 0 Å². The Labute approximate surface area is 113 Å². The Morgan fingerprint density at radius 1 is 1.53 bits per heavy atom. The summed E-state index contributed by atoms with van der Waals surface area (Å²) in [5, 5.41) is 0.477. The summed E-state index contributed by atoms with van der Waals surface area (Å²) in [6.07, 6.45) is 2.36. The molecule has 1 fully saturated rings. The number of rotatable bonds is 1. The molecule has 90 valence electrons. The van der Waals surface area contributed by atoms with Crippen LogP contribution in [0.4, 0.5) is 0 Å². The molecule has 2 aromatic rings. The Bertz CT molecular complexity index is 530. The zero-order chi connectivity index (χ0) is 12.0. The first kappa shape index (κ1) is 11.5. The predicted octanol–water partition coefficient (Wildman–Crippen LogP) is 4.01. The molecular formula is C12H12BrClN2O. The quantitative estimate of drug-likeness (QED) is 0.745. The van der Waals surface area contributed by atoms with Crippen LogP contribution in [-0.2, 0) is 0 Å². The predicted molar refractivity (Wildman–Crippen MR) is 71.3 cm³/mol. The summed E-state index contributed by atoms with van der Waals surface area (Å²) in [6, 6.07) is 4.25. The van der Waals surface area contributed by atoms with Gasteiger partial charge in [-0.15, -0.1) is 0 Å². The maximum atomic E-state index is 5.98. The molecule has 2 aromatic heterocycles. The fraction of sp³-hybridized carbons (Fsp3) is 0.417. The van der Waals surface area contributed by atoms with Crippen LogP contribution in [0.25, 0.3) is 11.1 Å². The molecule has 1 aliphatic heterocycles. The van der Waals surface area contributed by atoms with Gasteiger partial charge >= 0.3 is 0 Å². The Morgan fingerprint density at radius 3 is 3.06 bits per heavy atom. The SMILES string of the molecule is CN1CCC[C@H]1c1cc2nc(Cl)c(Br)cc2o1. The van der Waals surface area contributed by atoms with Gasteiger partial charge in [0.25, 0.3) is 0 Å². The van der Waals surface area contributed by atoms with Crippen molar-refractivity contribution in [2.24, 2.45) is 0 Å². The highest BCUT2D eigenvalue weighted by Gasteiger charge is 2.26. The zero-order valence-corrected chi connectivity index (χ0v) is 11.8. The molecule has 5 heteroatoms. The van der Waals surface area contributed by atoms with Gasteiger partial charge in [-0.25, -0.2) is 4.98 Å². The molecule has 17 heavy (non-hydrogen) atoms. The molecule has 0 unspecified atom stereocenters. The monoisotopic (exact) mass is 314 g/mol. The second-order valence-corrected chi connectivity index (χ2v) is 5.64. The number of fused-ring (bicyclic) bond motifs is 1. The summed E-state index contributed by atoms with van der Waals surface area (Å²) in [7, 11) is 2.13. The summed E-state index contributed by atoms with van der Waals surface area (Å²) in [4.78, 5) is 6.61. The fourth-order valence-corrected chi connectivity index (χ4v) is 2.82. The van der Waals surface area contributed by atoms with Crippen LogP contribution in [0.1, 0.15) is 24.6 Å². The number of aromatic nitrogens is 1. The normalized spacial score (nSPS) is 21.5. The van der Waals surface area contributed by atoms with Crippen molar-refractivity contribution in [3.05, 3.63) is 27.5 Å². The Balaban J connectivity index is 2.07. The second-order valence-electron chi connectivity index (χ2n) is 4.43. The van der Waals surface area contributed by atoms with E-state index in [1.807, 2.05) is 12.1 Å². The highest BCUT2D eigenvalue weighted by atomic mass is 79.9. The number of pyridine rings is 1. The van der Waals surface area contributed by atoms with Crippen molar-refractivity contribution in [1.82, 2.24) is 9.88 Å². The Hall–Kier alpha value is -0.580. The zero-order valence-electron chi connectivity index (χ0n) is 9.41. The van der Waals surface area contributed by atoms with E-state index in [0.29, 0.717) is 11.2 Å². The molecule has 1 aliphatic rings. The highest BCUT2D eigenvalue weighted by Crippen LogP contribution is 2.35. The lowest BCUT2D eigenvalue weighted by Gasteiger charge is -2.16. The van der Waals surface area contributed by atoms with Crippen LogP contribution in [0.3, 0.4) is 0 Å². The van der Waals surface area contributed by atoms with Crippen molar-refractivity contribution in [1.29, 1.82) is 0 Å². The largest absolute Gasteiger partial charge is 0.458 e. The van der Waals surface area contributed by atoms with Crippen LogP contribution < -0.4 is 0 Å². The van der Waals surface area contributed by atoms with Crippen LogP contribution in [0.2, 0.25) is 5.15 Å². The molecule has 0 amide bonds. The number of furan rings is 1. The third-order valence-electron chi connectivity index (χ3n) is 3.28. The van der Waals surface area contributed by atoms with Crippen LogP contribution in [-0.4, -0.2) is 23.5 Å². The molecule has 0 aliphatic carbocycles. The minimum atomic E-state index is 0.377. The summed E-state index contributed by atoms with van der Waals surface area (Å²) in [6.45, 7) is 1.12. The maximum Gasteiger partial charge on any atom is 0.154 e. The molecule has 0 N–H and O–H groups in total. The average molecular weight is 316 g/mol. The van der Waals surface area contributed by atoms with Gasteiger partial charge in [-0.1, -0.05) is 11.6 Å². The smallest absolute Gasteiger partial charge is 0.154 e. The molecule has 1 saturated heterocycles. The van der Waals surface area contributed by atoms with Gasteiger partial charge in [0.2, 0.25) is 0 Å². The van der Waals surface area contributed by atoms with Gasteiger partial charge in [-0.3, -0.25) is 4.90 Å². The maximum absolute atomic E-state index is 5.98. The Morgan fingerprint density at radius 2 is 2.35 bits per heavy atom. The molecule has 0 aromatic carbocycles. The van der Waals surface area contributed by atoms with E-state index >= 15 is 0 Å². The van der Waals surface area contributed by atoms with E-state index in [1.165, 1.54) is 6.42 Å². The molecule has 0 bridgehead atoms. The lowest BCUT2D eigenvalue weighted by atomic mass is 10.2. The summed E-state index contributed by atoms with van der Waals surface area (Å²) >= 11 is 9.33. The van der Waals surface area contributed by atoms with Crippen molar-refractivity contribution in [3.63, 3.8) is 0 Å². The van der Waals surface area contributed by atoms with Crippen LogP contribution in [0.15, 0.2) is 21.0 Å². The average Bonchev–Trinajstić information content (AvgIpc) is 2.85. The minimum absolute atomic E-state index is 0.377. The Kier molecular flexibility index (Phi) is 2.89. The van der Waals surface area contributed by atoms with Gasteiger partial charge in [0, 0.05) is 12.1 Å². The van der Waals surface area contributed by atoms with E-state index in [0.717, 1.165) is 34.3 Å². The lowest BCUT2D eigenvalue weighted by Crippen LogP contribution is -2.16. The van der Waals surface area contributed by atoms with Gasteiger partial charge in [0.1, 0.15) is 16.4 Å². The van der Waals surface area contributed by atoms with Crippen LogP contribution in [0.5, 0.6) is 0 Å². The van der Waals surface area contributed by atoms with Crippen molar-refractivity contribution < 1.29 is 4.42 Å². The molecular weight excluding hydrogens is 304 g/mol. The minimum Gasteiger partial charge on any atom is -0.458 e. The van der Waals surface area contributed by atoms with Crippen LogP contribution >= 0.6 is 27.5 Å². The summed E-state index contributed by atoms with van der Waals surface area (Å²) < 4.78 is 6.64. The second kappa shape index (κ2) is 4.26. The molecule has 0 saturated carbocycles. The number of hydrogen-bond acceptors (Lipinski definition) is 3. The standard InChI is InChI=1S/C12H12BrClN2O/c1-16-4-2-3-9(16)11-6-8-10(17-11)5-7(13)12(14)15-8/h5-6,9H,2-4H2,1H3/t9-/m0/s1. The number of halogens is 2. The van der Waals surface area contributed by atoms with E-state index in [-0.39, 0.29) is 0 Å². The van der Waals surface area contributed by atoms with E-state index in [4.69, 9.17) is 16.0 Å². The summed E-state index contributed by atoms with van der Waals surface area (Å²) in [5.74, 6) is 0.988. The van der Waals surface area contributed by atoms with Gasteiger partial charge in [0.05, 0.1) is 10.5 Å². The summed E-state index contributed by atoms with van der Waals surface area (Å²) in [5.41, 5.74) is 1.62. The van der Waals surface area contributed by atoms with E-state index in [9.17, 15) is 0 Å². The topological polar surface area (TPSA) is 29.3 Å². The van der Waals surface area contributed by atoms with Crippen LogP contribution in [0, 0.1) is 0 Å². The number of hydrogen-bond donors (Lipinski definition) is 0. The third kappa shape index (κ3) is 1.98. The van der Waals surface area contributed by atoms with Gasteiger partial charge in [-0.05, 0) is 42.4 Å². The van der Waals surface area contributed by atoms with Crippen molar-refractivity contribution in [2.75, 3.05) is 13.6 Å². The number of nitrogens with zero attached hydrogens (tertiary/aromatic N) is 2. The van der Waals surface area contributed by atoms with Crippen molar-refractivity contribution in [3.8, 4) is 0 Å². The van der Waals surface area contributed by atoms with E-state index in [1.54, 1.807) is 0 Å². The molecule has 0 spiro atoms. The first-order valence-electron chi connectivity index (χ1n) is 5.61. The molecule has 0 radical (unpaired) electrons. The fourth-order valence-electron chi connectivity index (χ4n) is 2.37. The number of likely N-dealkylation sites (tertiary alicyclic amines) is 1. The van der Waals surface area contributed by atoms with Crippen molar-refractivity contribution >= 4 is 38.6 Å². The lowest BCUT2D eigenvalue weighted by molar-refractivity contribution is 0.281. The van der Waals surface area contributed by atoms with Gasteiger partial charge in [0.15, 0.2) is 5.58 Å². The molecule has 3 heterocycles. The first-order valence-corrected chi connectivity index (χ1v) is 6.78. The van der Waals surface area contributed by atoms with Gasteiger partial charge < -0.3 is 4.42 Å². The van der Waals surface area contributed by atoms with E-state index in [2.05, 4.69) is 32.9 Å². The van der Waals surface area contributed by atoms with Crippen molar-refractivity contribution in [2.45, 2.75) is 18.9 Å². The van der Waals surface area contributed by atoms with Gasteiger partial charge in [-0.2, -0.15) is 0 Å². The molecule has 3 rings (SSSR count). The first-order chi connectivity index (χ1) is 8.15. The third-order valence-corrected chi connectivity index (χ3v) is 4.40. The molecule has 1 atom stereocenters.